The molecule has 0 bridgehead atoms. The summed E-state index contributed by atoms with van der Waals surface area (Å²) in [6.07, 6.45) is 0.729. The summed E-state index contributed by atoms with van der Waals surface area (Å²) in [7, 11) is 2.16. The van der Waals surface area contributed by atoms with Crippen LogP contribution in [0.25, 0.3) is 11.1 Å². The van der Waals surface area contributed by atoms with Crippen LogP contribution in [0.15, 0.2) is 24.3 Å². The minimum atomic E-state index is -2.02. The van der Waals surface area contributed by atoms with Crippen LogP contribution in [0.2, 0.25) is 0 Å². The number of ketones is 2. The van der Waals surface area contributed by atoms with Crippen LogP contribution in [-0.4, -0.2) is 47.8 Å². The highest BCUT2D eigenvalue weighted by Gasteiger charge is 2.54. The molecule has 0 fully saturated rings. The summed E-state index contributed by atoms with van der Waals surface area (Å²) in [4.78, 5) is 62.6. The van der Waals surface area contributed by atoms with E-state index < -0.39 is 40.3 Å². The second kappa shape index (κ2) is 10.3. The largest absolute Gasteiger partial charge is 0.507 e. The number of nitrogens with zero attached hydrogens (tertiary/aromatic N) is 1. The molecule has 0 atom stereocenters. The van der Waals surface area contributed by atoms with Gasteiger partial charge in [0.05, 0.1) is 19.1 Å². The van der Waals surface area contributed by atoms with Gasteiger partial charge < -0.3 is 14.6 Å². The molecule has 10 nitrogen and oxygen atoms in total. The number of hydrogen-bond acceptors (Lipinski definition) is 9. The number of fused-ring (bicyclic) bond motifs is 1. The maximum absolute atomic E-state index is 13.6. The Labute approximate surface area is 207 Å². The number of carbonyl (C=O) groups excluding carboxylic acids is 4. The van der Waals surface area contributed by atoms with Crippen molar-refractivity contribution in [1.29, 1.82) is 0 Å². The van der Waals surface area contributed by atoms with Crippen LogP contribution in [-0.2, 0) is 31.9 Å². The summed E-state index contributed by atoms with van der Waals surface area (Å²) in [5, 5.41) is 22.6. The molecule has 0 unspecified atom stereocenters. The minimum Gasteiger partial charge on any atom is -0.507 e. The van der Waals surface area contributed by atoms with Crippen molar-refractivity contribution in [2.75, 3.05) is 14.2 Å². The molecule has 0 aliphatic heterocycles. The van der Waals surface area contributed by atoms with E-state index in [1.807, 2.05) is 6.92 Å². The second-order valence-corrected chi connectivity index (χ2v) is 8.74. The van der Waals surface area contributed by atoms with Gasteiger partial charge in [0.2, 0.25) is 0 Å². The van der Waals surface area contributed by atoms with Gasteiger partial charge in [0, 0.05) is 47.2 Å². The quantitative estimate of drug-likeness (QED) is 0.188. The standard InChI is InChI=1S/C26H27NO9/c1-5-6-7-17-20(14(2)28)22-18(12-26(13-19(22)29,24(31)35-3)25(32)36-4)21(23(17)30)15-8-10-16(11-9-15)27(33)34/h8-11,30H,5-7,12-13H2,1-4H3. The highest BCUT2D eigenvalue weighted by Crippen LogP contribution is 2.48. The van der Waals surface area contributed by atoms with Crippen molar-refractivity contribution in [3.8, 4) is 16.9 Å². The zero-order valence-electron chi connectivity index (χ0n) is 20.5. The first-order valence-electron chi connectivity index (χ1n) is 11.4. The summed E-state index contributed by atoms with van der Waals surface area (Å²) in [5.74, 6) is -3.33. The Hall–Kier alpha value is -4.08. The lowest BCUT2D eigenvalue weighted by Gasteiger charge is -2.35. The van der Waals surface area contributed by atoms with E-state index in [1.54, 1.807) is 0 Å². The molecule has 0 saturated carbocycles. The molecule has 1 N–H and O–H groups in total. The number of phenols is 1. The van der Waals surface area contributed by atoms with Crippen LogP contribution >= 0.6 is 0 Å². The van der Waals surface area contributed by atoms with Gasteiger partial charge in [0.25, 0.3) is 5.69 Å². The number of unbranched alkanes of at least 4 members (excludes halogenated alkanes) is 1. The molecule has 0 saturated heterocycles. The van der Waals surface area contributed by atoms with E-state index in [0.29, 0.717) is 18.4 Å². The van der Waals surface area contributed by atoms with Crippen molar-refractivity contribution in [1.82, 2.24) is 0 Å². The predicted octanol–water partition coefficient (Wildman–Crippen LogP) is 3.97. The Kier molecular flexibility index (Phi) is 7.57. The molecule has 0 radical (unpaired) electrons. The number of esters is 2. The van der Waals surface area contributed by atoms with Crippen molar-refractivity contribution in [2.45, 2.75) is 46.0 Å². The molecule has 1 aliphatic carbocycles. The van der Waals surface area contributed by atoms with Crippen molar-refractivity contribution in [2.24, 2.45) is 5.41 Å². The number of non-ortho nitro benzene ring substituents is 1. The first-order chi connectivity index (χ1) is 17.0. The Bertz CT molecular complexity index is 1250. The van der Waals surface area contributed by atoms with Gasteiger partial charge in [0.1, 0.15) is 5.75 Å². The lowest BCUT2D eigenvalue weighted by atomic mass is 9.67. The van der Waals surface area contributed by atoms with E-state index in [4.69, 9.17) is 9.47 Å². The number of ether oxygens (including phenoxy) is 2. The van der Waals surface area contributed by atoms with E-state index in [1.165, 1.54) is 31.2 Å². The van der Waals surface area contributed by atoms with E-state index >= 15 is 0 Å². The molecule has 0 spiro atoms. The average molecular weight is 498 g/mol. The zero-order valence-corrected chi connectivity index (χ0v) is 20.5. The number of Topliss-reactive ketones (excluding diaryl/α,β-unsaturated/α-hetero) is 2. The number of methoxy groups -OCH3 is 2. The molecule has 0 amide bonds. The van der Waals surface area contributed by atoms with E-state index in [9.17, 15) is 34.4 Å². The highest BCUT2D eigenvalue weighted by molar-refractivity contribution is 6.17. The smallest absolute Gasteiger partial charge is 0.324 e. The first-order valence-corrected chi connectivity index (χ1v) is 11.4. The lowest BCUT2D eigenvalue weighted by molar-refractivity contribution is -0.384. The third-order valence-corrected chi connectivity index (χ3v) is 6.55. The minimum absolute atomic E-state index is 0.0307. The summed E-state index contributed by atoms with van der Waals surface area (Å²) >= 11 is 0. The number of hydrogen-bond donors (Lipinski definition) is 1. The predicted molar refractivity (Wildman–Crippen MR) is 128 cm³/mol. The number of carbonyl (C=O) groups is 4. The van der Waals surface area contributed by atoms with E-state index in [2.05, 4.69) is 0 Å². The van der Waals surface area contributed by atoms with Crippen LogP contribution in [0.4, 0.5) is 5.69 Å². The molecule has 3 rings (SSSR count). The highest BCUT2D eigenvalue weighted by atomic mass is 16.6. The summed E-state index contributed by atoms with van der Waals surface area (Å²) in [5.41, 5.74) is -1.28. The van der Waals surface area contributed by atoms with Crippen LogP contribution in [0.5, 0.6) is 5.75 Å². The lowest BCUT2D eigenvalue weighted by Crippen LogP contribution is -2.48. The number of benzene rings is 2. The van der Waals surface area contributed by atoms with Crippen LogP contribution in [0.1, 0.15) is 65.0 Å². The SMILES string of the molecule is CCCCc1c(O)c(-c2ccc([N+](=O)[O-])cc2)c2c(c1C(C)=O)C(=O)CC(C(=O)OC)(C(=O)OC)C2. The Morgan fingerprint density at radius 2 is 1.64 bits per heavy atom. The Morgan fingerprint density at radius 1 is 1.06 bits per heavy atom. The van der Waals surface area contributed by atoms with E-state index in [0.717, 1.165) is 20.6 Å². The van der Waals surface area contributed by atoms with Gasteiger partial charge >= 0.3 is 11.9 Å². The Balaban J connectivity index is 2.45. The number of nitro groups is 1. The summed E-state index contributed by atoms with van der Waals surface area (Å²) < 4.78 is 9.71. The molecule has 2 aromatic carbocycles. The normalized spacial score (nSPS) is 14.1. The van der Waals surface area contributed by atoms with Gasteiger partial charge in [-0.1, -0.05) is 13.3 Å². The summed E-state index contributed by atoms with van der Waals surface area (Å²) in [6, 6.07) is 5.29. The molecule has 36 heavy (non-hydrogen) atoms. The number of aromatic hydroxyl groups is 1. The van der Waals surface area contributed by atoms with E-state index in [-0.39, 0.29) is 45.7 Å². The van der Waals surface area contributed by atoms with Crippen molar-refractivity contribution in [3.05, 3.63) is 56.6 Å². The molecule has 2 aromatic rings. The summed E-state index contributed by atoms with van der Waals surface area (Å²) in [6.45, 7) is 3.22. The third kappa shape index (κ3) is 4.34. The average Bonchev–Trinajstić information content (AvgIpc) is 2.86. The van der Waals surface area contributed by atoms with Crippen LogP contribution < -0.4 is 0 Å². The number of nitro benzene ring substituents is 1. The number of rotatable bonds is 8. The second-order valence-electron chi connectivity index (χ2n) is 8.74. The van der Waals surface area contributed by atoms with Gasteiger partial charge in [-0.05, 0) is 43.0 Å². The third-order valence-electron chi connectivity index (χ3n) is 6.55. The molecule has 0 aromatic heterocycles. The van der Waals surface area contributed by atoms with Crippen LogP contribution in [0, 0.1) is 15.5 Å². The molecule has 1 aliphatic rings. The van der Waals surface area contributed by atoms with Crippen molar-refractivity contribution in [3.63, 3.8) is 0 Å². The maximum atomic E-state index is 13.6. The first kappa shape index (κ1) is 26.5. The fraction of sp³-hybridized carbons (Fsp3) is 0.385. The Morgan fingerprint density at radius 3 is 2.11 bits per heavy atom. The number of phenolic OH excluding ortho intramolecular Hbond substituents is 1. The van der Waals surface area contributed by atoms with Crippen molar-refractivity contribution >= 4 is 29.2 Å². The van der Waals surface area contributed by atoms with Gasteiger partial charge in [-0.25, -0.2) is 0 Å². The molecule has 10 heteroatoms. The molecular weight excluding hydrogens is 470 g/mol. The molecule has 190 valence electrons. The fourth-order valence-electron chi connectivity index (χ4n) is 4.86. The van der Waals surface area contributed by atoms with Gasteiger partial charge in [-0.2, -0.15) is 0 Å². The van der Waals surface area contributed by atoms with Crippen molar-refractivity contribution < 1.29 is 38.7 Å². The zero-order chi connectivity index (χ0) is 26.8. The van der Waals surface area contributed by atoms with Gasteiger partial charge in [0.15, 0.2) is 17.0 Å². The van der Waals surface area contributed by atoms with Gasteiger partial charge in [-0.15, -0.1) is 0 Å². The molecular formula is C26H27NO9. The monoisotopic (exact) mass is 497 g/mol. The topological polar surface area (TPSA) is 150 Å². The van der Waals surface area contributed by atoms with Gasteiger partial charge in [-0.3, -0.25) is 29.3 Å². The maximum Gasteiger partial charge on any atom is 0.324 e. The molecule has 0 heterocycles. The van der Waals surface area contributed by atoms with Crippen LogP contribution in [0.3, 0.4) is 0 Å². The fourth-order valence-corrected chi connectivity index (χ4v) is 4.86.